The topological polar surface area (TPSA) is 126 Å². The summed E-state index contributed by atoms with van der Waals surface area (Å²) in [6.07, 6.45) is -0.427. The van der Waals surface area contributed by atoms with E-state index in [0.29, 0.717) is 25.8 Å². The Morgan fingerprint density at radius 2 is 1.85 bits per heavy atom. The molecule has 226 valence electrons. The maximum absolute atomic E-state index is 13.3. The van der Waals surface area contributed by atoms with Crippen molar-refractivity contribution in [1.29, 1.82) is 0 Å². The van der Waals surface area contributed by atoms with Gasteiger partial charge < -0.3 is 24.6 Å². The fourth-order valence-corrected chi connectivity index (χ4v) is 5.41. The second-order valence-electron chi connectivity index (χ2n) is 12.6. The van der Waals surface area contributed by atoms with Crippen LogP contribution in [-0.2, 0) is 19.1 Å². The van der Waals surface area contributed by atoms with Crippen LogP contribution in [0.5, 0.6) is 0 Å². The third-order valence-corrected chi connectivity index (χ3v) is 8.32. The minimum atomic E-state index is -1.30. The number of carbonyl (C=O) groups is 3. The average Bonchev–Trinajstić information content (AvgIpc) is 3.25. The van der Waals surface area contributed by atoms with Gasteiger partial charge in [0.05, 0.1) is 34.7 Å². The minimum absolute atomic E-state index is 0.218. The van der Waals surface area contributed by atoms with E-state index in [1.165, 1.54) is 11.3 Å². The number of hydrogen-bond acceptors (Lipinski definition) is 9. The van der Waals surface area contributed by atoms with Crippen LogP contribution in [-0.4, -0.2) is 74.9 Å². The van der Waals surface area contributed by atoms with Gasteiger partial charge in [-0.3, -0.25) is 9.59 Å². The molecule has 9 nitrogen and oxygen atoms in total. The fraction of sp³-hybridized carbons (Fsp3) is 0.733. The molecule has 2 N–H and O–H groups in total. The van der Waals surface area contributed by atoms with E-state index in [2.05, 4.69) is 4.98 Å². The number of esters is 1. The molecule has 1 amide bonds. The maximum atomic E-state index is 13.3. The predicted molar refractivity (Wildman–Crippen MR) is 156 cm³/mol. The summed E-state index contributed by atoms with van der Waals surface area (Å²) in [4.78, 5) is 45.6. The van der Waals surface area contributed by atoms with Gasteiger partial charge in [-0.1, -0.05) is 27.7 Å². The molecule has 2 rings (SSSR count). The molecule has 0 radical (unpaired) electrons. The smallest absolute Gasteiger partial charge is 0.410 e. The second-order valence-corrected chi connectivity index (χ2v) is 13.7. The number of aryl methyl sites for hydroxylation is 1. The number of aliphatic hydroxyl groups excluding tert-OH is 2. The summed E-state index contributed by atoms with van der Waals surface area (Å²) in [6.45, 7) is 16.5. The van der Waals surface area contributed by atoms with Gasteiger partial charge in [-0.15, -0.1) is 11.3 Å². The van der Waals surface area contributed by atoms with Crippen molar-refractivity contribution in [3.63, 3.8) is 0 Å². The summed E-state index contributed by atoms with van der Waals surface area (Å²) >= 11 is 1.51. The maximum Gasteiger partial charge on any atom is 0.410 e. The number of carbonyl (C=O) groups excluding carboxylic acids is 3. The number of cyclic esters (lactones) is 1. The molecule has 0 saturated carbocycles. The summed E-state index contributed by atoms with van der Waals surface area (Å²) in [6, 6.07) is 0. The molecule has 40 heavy (non-hydrogen) atoms. The lowest BCUT2D eigenvalue weighted by Crippen LogP contribution is -2.46. The third-order valence-electron chi connectivity index (χ3n) is 7.53. The molecule has 10 heteroatoms. The van der Waals surface area contributed by atoms with Gasteiger partial charge in [-0.05, 0) is 65.0 Å². The summed E-state index contributed by atoms with van der Waals surface area (Å²) in [5, 5.41) is 24.7. The molecular formula is C30H48N2O7S. The third kappa shape index (κ3) is 9.66. The van der Waals surface area contributed by atoms with Crippen molar-refractivity contribution in [3.8, 4) is 0 Å². The lowest BCUT2D eigenvalue weighted by atomic mass is 9.73. The number of Topliss-reactive ketones (excluding diaryl/α,β-unsaturated/α-hetero) is 1. The zero-order valence-electron chi connectivity index (χ0n) is 25.5. The van der Waals surface area contributed by atoms with Crippen LogP contribution in [0, 0.1) is 24.2 Å². The van der Waals surface area contributed by atoms with Crippen LogP contribution >= 0.6 is 11.3 Å². The van der Waals surface area contributed by atoms with E-state index in [4.69, 9.17) is 9.47 Å². The van der Waals surface area contributed by atoms with Gasteiger partial charge >= 0.3 is 12.1 Å². The molecule has 5 atom stereocenters. The van der Waals surface area contributed by atoms with Crippen molar-refractivity contribution < 1.29 is 34.1 Å². The molecule has 1 fully saturated rings. The first-order valence-corrected chi connectivity index (χ1v) is 15.0. The number of aliphatic hydroxyl groups is 2. The first kappa shape index (κ1) is 33.9. The Labute approximate surface area is 243 Å². The highest BCUT2D eigenvalue weighted by molar-refractivity contribution is 7.09. The quantitative estimate of drug-likeness (QED) is 0.459. The number of amides is 1. The normalized spacial score (nSPS) is 28.2. The van der Waals surface area contributed by atoms with Crippen LogP contribution in [0.3, 0.4) is 0 Å². The molecule has 1 aromatic heterocycles. The summed E-state index contributed by atoms with van der Waals surface area (Å²) in [7, 11) is 0. The number of thiazole rings is 1. The zero-order chi connectivity index (χ0) is 30.4. The van der Waals surface area contributed by atoms with Crippen molar-refractivity contribution in [2.24, 2.45) is 17.3 Å². The molecule has 0 unspecified atom stereocenters. The number of ether oxygens (including phenoxy) is 2. The van der Waals surface area contributed by atoms with Gasteiger partial charge in [0.1, 0.15) is 17.5 Å². The Morgan fingerprint density at radius 1 is 1.20 bits per heavy atom. The van der Waals surface area contributed by atoms with E-state index in [1.54, 1.807) is 46.4 Å². The monoisotopic (exact) mass is 580 g/mol. The van der Waals surface area contributed by atoms with Gasteiger partial charge in [0.15, 0.2) is 0 Å². The first-order valence-electron chi connectivity index (χ1n) is 14.1. The van der Waals surface area contributed by atoms with Crippen LogP contribution in [0.15, 0.2) is 11.0 Å². The van der Waals surface area contributed by atoms with Gasteiger partial charge in [0, 0.05) is 30.8 Å². The lowest BCUT2D eigenvalue weighted by Gasteiger charge is -2.35. The molecule has 1 aliphatic rings. The molecule has 1 aliphatic heterocycles. The Kier molecular flexibility index (Phi) is 11.9. The minimum Gasteiger partial charge on any atom is -0.458 e. The van der Waals surface area contributed by atoms with Crippen LogP contribution < -0.4 is 0 Å². The second kappa shape index (κ2) is 14.0. The molecule has 1 aromatic rings. The number of aromatic nitrogens is 1. The van der Waals surface area contributed by atoms with Crippen LogP contribution in [0.4, 0.5) is 4.79 Å². The highest BCUT2D eigenvalue weighted by Crippen LogP contribution is 2.32. The molecular weight excluding hydrogens is 532 g/mol. The van der Waals surface area contributed by atoms with E-state index < -0.39 is 47.3 Å². The fourth-order valence-electron chi connectivity index (χ4n) is 4.84. The van der Waals surface area contributed by atoms with E-state index in [0.717, 1.165) is 16.3 Å². The van der Waals surface area contributed by atoms with Crippen molar-refractivity contribution >= 4 is 35.3 Å². The van der Waals surface area contributed by atoms with E-state index in [-0.39, 0.29) is 24.7 Å². The van der Waals surface area contributed by atoms with Gasteiger partial charge in [0.25, 0.3) is 0 Å². The number of hydrogen-bond donors (Lipinski definition) is 2. The Hall–Kier alpha value is -2.30. The molecule has 0 aromatic carbocycles. The van der Waals surface area contributed by atoms with Crippen LogP contribution in [0.2, 0.25) is 0 Å². The zero-order valence-corrected chi connectivity index (χ0v) is 26.3. The Balaban J connectivity index is 2.42. The van der Waals surface area contributed by atoms with Gasteiger partial charge in [-0.2, -0.15) is 0 Å². The van der Waals surface area contributed by atoms with E-state index in [1.807, 2.05) is 32.2 Å². The molecule has 1 saturated heterocycles. The number of nitrogens with zero attached hydrogens (tertiary/aromatic N) is 2. The van der Waals surface area contributed by atoms with Crippen LogP contribution in [0.1, 0.15) is 91.8 Å². The number of ketones is 1. The van der Waals surface area contributed by atoms with Gasteiger partial charge in [-0.25, -0.2) is 9.78 Å². The summed E-state index contributed by atoms with van der Waals surface area (Å²) in [5.41, 5.74) is -0.444. The molecule has 0 bridgehead atoms. The molecule has 2 heterocycles. The SMILES string of the molecule is C/C(=C\c1csc(C)n1)[C@@H]1CCN(C(=O)OC(C)(C)C)CCC[C@H](C)[C@H](O)[C@@H](C)C(=O)C(C)(C)[C@@H](O)CC(=O)O1. The summed E-state index contributed by atoms with van der Waals surface area (Å²) < 4.78 is 11.5. The van der Waals surface area contributed by atoms with Gasteiger partial charge in [0.2, 0.25) is 0 Å². The number of rotatable bonds is 2. The predicted octanol–water partition coefficient (Wildman–Crippen LogP) is 5.17. The first-order chi connectivity index (χ1) is 18.4. The Bertz CT molecular complexity index is 1060. The van der Waals surface area contributed by atoms with Crippen LogP contribution in [0.25, 0.3) is 6.08 Å². The van der Waals surface area contributed by atoms with Crippen molar-refractivity contribution in [1.82, 2.24) is 9.88 Å². The average molecular weight is 581 g/mol. The molecule has 0 aliphatic carbocycles. The molecule has 0 spiro atoms. The standard InChI is InChI=1S/C30H48N2O7S/c1-18-11-10-13-32(28(37)39-29(5,6)7)14-12-23(19(2)15-22-17-40-21(4)31-22)38-25(34)16-24(33)30(8,9)27(36)20(3)26(18)35/h15,17-18,20,23-24,26,33,35H,10-14,16H2,1-9H3/b19-15+/t18-,20+,23-,24-,26-/m0/s1. The Morgan fingerprint density at radius 3 is 2.42 bits per heavy atom. The van der Waals surface area contributed by atoms with Crippen molar-refractivity contribution in [2.45, 2.75) is 112 Å². The van der Waals surface area contributed by atoms with E-state index in [9.17, 15) is 24.6 Å². The largest absolute Gasteiger partial charge is 0.458 e. The van der Waals surface area contributed by atoms with E-state index >= 15 is 0 Å². The highest BCUT2D eigenvalue weighted by Gasteiger charge is 2.42. The van der Waals surface area contributed by atoms with Crippen molar-refractivity contribution in [2.75, 3.05) is 13.1 Å². The van der Waals surface area contributed by atoms with Crippen molar-refractivity contribution in [3.05, 3.63) is 21.7 Å². The summed E-state index contributed by atoms with van der Waals surface area (Å²) in [5.74, 6) is -1.94. The highest BCUT2D eigenvalue weighted by atomic mass is 32.1. The lowest BCUT2D eigenvalue weighted by molar-refractivity contribution is -0.154.